The van der Waals surface area contributed by atoms with Crippen molar-refractivity contribution in [3.05, 3.63) is 35.4 Å². The number of rotatable bonds is 6. The normalized spacial score (nSPS) is 12.7. The number of hydrogen-bond acceptors (Lipinski definition) is 3. The maximum Gasteiger partial charge on any atom is 0.335 e. The lowest BCUT2D eigenvalue weighted by Crippen LogP contribution is -2.30. The Kier molecular flexibility index (Phi) is 5.12. The van der Waals surface area contributed by atoms with E-state index >= 15 is 0 Å². The summed E-state index contributed by atoms with van der Waals surface area (Å²) in [5.41, 5.74) is 1.19. The van der Waals surface area contributed by atoms with E-state index in [1.165, 1.54) is 0 Å². The topological polar surface area (TPSA) is 69.6 Å². The maximum absolute atomic E-state index is 10.8. The molecule has 4 nitrogen and oxygen atoms in total. The second kappa shape index (κ2) is 6.37. The van der Waals surface area contributed by atoms with Gasteiger partial charge in [0.15, 0.2) is 0 Å². The number of aliphatic hydroxyl groups excluding tert-OH is 1. The molecule has 1 unspecified atom stereocenters. The van der Waals surface area contributed by atoms with Crippen molar-refractivity contribution in [1.82, 2.24) is 5.32 Å². The number of carboxylic acids is 1. The molecular weight excluding hydrogens is 218 g/mol. The minimum atomic E-state index is -0.922. The molecule has 1 atom stereocenters. The first-order chi connectivity index (χ1) is 8.00. The van der Waals surface area contributed by atoms with Crippen molar-refractivity contribution in [3.8, 4) is 0 Å². The van der Waals surface area contributed by atoms with Crippen molar-refractivity contribution in [2.75, 3.05) is 6.54 Å². The third-order valence-electron chi connectivity index (χ3n) is 2.63. The van der Waals surface area contributed by atoms with E-state index in [0.717, 1.165) is 5.56 Å². The van der Waals surface area contributed by atoms with E-state index in [9.17, 15) is 9.90 Å². The quantitative estimate of drug-likeness (QED) is 0.701. The standard InChI is InChI=1S/C13H19NO3/c1-9(2)12(15)8-14-7-10-4-3-5-11(6-10)13(16)17/h3-6,9,12,14-15H,7-8H2,1-2H3,(H,16,17). The van der Waals surface area contributed by atoms with Crippen LogP contribution in [-0.4, -0.2) is 28.8 Å². The number of benzene rings is 1. The van der Waals surface area contributed by atoms with Crippen LogP contribution in [0.15, 0.2) is 24.3 Å². The molecule has 0 spiro atoms. The van der Waals surface area contributed by atoms with Crippen LogP contribution >= 0.6 is 0 Å². The summed E-state index contributed by atoms with van der Waals surface area (Å²) in [6.07, 6.45) is -0.377. The molecule has 94 valence electrons. The van der Waals surface area contributed by atoms with Gasteiger partial charge in [-0.25, -0.2) is 4.79 Å². The van der Waals surface area contributed by atoms with E-state index < -0.39 is 5.97 Å². The highest BCUT2D eigenvalue weighted by Crippen LogP contribution is 2.05. The smallest absolute Gasteiger partial charge is 0.335 e. The van der Waals surface area contributed by atoms with Crippen LogP contribution in [0, 0.1) is 5.92 Å². The summed E-state index contributed by atoms with van der Waals surface area (Å²) >= 11 is 0. The van der Waals surface area contributed by atoms with E-state index in [1.54, 1.807) is 18.2 Å². The lowest BCUT2D eigenvalue weighted by atomic mass is 10.1. The average Bonchev–Trinajstić information content (AvgIpc) is 2.29. The Morgan fingerprint density at radius 1 is 1.41 bits per heavy atom. The fraction of sp³-hybridized carbons (Fsp3) is 0.462. The minimum absolute atomic E-state index is 0.216. The molecule has 0 saturated carbocycles. The number of aromatic carboxylic acids is 1. The zero-order valence-corrected chi connectivity index (χ0v) is 10.2. The Morgan fingerprint density at radius 2 is 2.12 bits per heavy atom. The highest BCUT2D eigenvalue weighted by molar-refractivity contribution is 5.87. The van der Waals surface area contributed by atoms with Gasteiger partial charge in [-0.15, -0.1) is 0 Å². The molecule has 0 amide bonds. The monoisotopic (exact) mass is 237 g/mol. The van der Waals surface area contributed by atoms with Gasteiger partial charge in [-0.2, -0.15) is 0 Å². The molecule has 0 aliphatic rings. The largest absolute Gasteiger partial charge is 0.478 e. The van der Waals surface area contributed by atoms with Gasteiger partial charge in [0, 0.05) is 13.1 Å². The van der Waals surface area contributed by atoms with Gasteiger partial charge < -0.3 is 15.5 Å². The van der Waals surface area contributed by atoms with E-state index in [2.05, 4.69) is 5.32 Å². The summed E-state index contributed by atoms with van der Waals surface area (Å²) in [4.78, 5) is 10.8. The number of nitrogens with one attached hydrogen (secondary N) is 1. The fourth-order valence-corrected chi connectivity index (χ4v) is 1.41. The SMILES string of the molecule is CC(C)C(O)CNCc1cccc(C(=O)O)c1. The highest BCUT2D eigenvalue weighted by atomic mass is 16.4. The first kappa shape index (κ1) is 13.7. The molecule has 0 heterocycles. The lowest BCUT2D eigenvalue weighted by Gasteiger charge is -2.15. The second-order valence-electron chi connectivity index (χ2n) is 4.45. The predicted molar refractivity (Wildman–Crippen MR) is 66.0 cm³/mol. The number of hydrogen-bond donors (Lipinski definition) is 3. The van der Waals surface area contributed by atoms with Gasteiger partial charge in [-0.1, -0.05) is 26.0 Å². The molecule has 1 aromatic rings. The molecule has 3 N–H and O–H groups in total. The van der Waals surface area contributed by atoms with Crippen molar-refractivity contribution in [2.45, 2.75) is 26.5 Å². The van der Waals surface area contributed by atoms with Crippen LogP contribution in [0.25, 0.3) is 0 Å². The van der Waals surface area contributed by atoms with Crippen molar-refractivity contribution in [2.24, 2.45) is 5.92 Å². The van der Waals surface area contributed by atoms with Gasteiger partial charge in [0.1, 0.15) is 0 Å². The fourth-order valence-electron chi connectivity index (χ4n) is 1.41. The molecule has 0 radical (unpaired) electrons. The molecular formula is C13H19NO3. The predicted octanol–water partition coefficient (Wildman–Crippen LogP) is 1.49. The Labute approximate surface area is 101 Å². The molecule has 0 aromatic heterocycles. The summed E-state index contributed by atoms with van der Waals surface area (Å²) in [6, 6.07) is 6.78. The minimum Gasteiger partial charge on any atom is -0.478 e. The maximum atomic E-state index is 10.8. The van der Waals surface area contributed by atoms with Crippen molar-refractivity contribution >= 4 is 5.97 Å². The Balaban J connectivity index is 2.47. The molecule has 4 heteroatoms. The van der Waals surface area contributed by atoms with Crippen LogP contribution in [0.1, 0.15) is 29.8 Å². The summed E-state index contributed by atoms with van der Waals surface area (Å²) in [6.45, 7) is 4.98. The van der Waals surface area contributed by atoms with Gasteiger partial charge in [0.2, 0.25) is 0 Å². The van der Waals surface area contributed by atoms with Crippen LogP contribution in [-0.2, 0) is 6.54 Å². The molecule has 0 bridgehead atoms. The van der Waals surface area contributed by atoms with E-state index in [0.29, 0.717) is 13.1 Å². The van der Waals surface area contributed by atoms with Crippen LogP contribution in [0.5, 0.6) is 0 Å². The second-order valence-corrected chi connectivity index (χ2v) is 4.45. The molecule has 1 rings (SSSR count). The molecule has 17 heavy (non-hydrogen) atoms. The highest BCUT2D eigenvalue weighted by Gasteiger charge is 2.08. The molecule has 0 aliphatic heterocycles. The molecule has 0 saturated heterocycles. The third-order valence-corrected chi connectivity index (χ3v) is 2.63. The van der Waals surface area contributed by atoms with Gasteiger partial charge in [0.05, 0.1) is 11.7 Å². The molecule has 1 aromatic carbocycles. The first-order valence-corrected chi connectivity index (χ1v) is 5.71. The third kappa shape index (κ3) is 4.54. The van der Waals surface area contributed by atoms with Crippen LogP contribution < -0.4 is 5.32 Å². The van der Waals surface area contributed by atoms with Gasteiger partial charge in [0.25, 0.3) is 0 Å². The van der Waals surface area contributed by atoms with Gasteiger partial charge in [-0.3, -0.25) is 0 Å². The molecule has 0 aliphatic carbocycles. The average molecular weight is 237 g/mol. The van der Waals surface area contributed by atoms with Gasteiger partial charge >= 0.3 is 5.97 Å². The van der Waals surface area contributed by atoms with Crippen molar-refractivity contribution < 1.29 is 15.0 Å². The van der Waals surface area contributed by atoms with Crippen LogP contribution in [0.4, 0.5) is 0 Å². The Morgan fingerprint density at radius 3 is 2.71 bits per heavy atom. The van der Waals surface area contributed by atoms with Crippen LogP contribution in [0.2, 0.25) is 0 Å². The van der Waals surface area contributed by atoms with E-state index in [1.807, 2.05) is 19.9 Å². The molecule has 0 fully saturated rings. The lowest BCUT2D eigenvalue weighted by molar-refractivity contribution is 0.0696. The van der Waals surface area contributed by atoms with Gasteiger partial charge in [-0.05, 0) is 23.6 Å². The summed E-state index contributed by atoms with van der Waals surface area (Å²) in [5.74, 6) is -0.707. The Hall–Kier alpha value is -1.39. The van der Waals surface area contributed by atoms with E-state index in [-0.39, 0.29) is 17.6 Å². The van der Waals surface area contributed by atoms with Crippen molar-refractivity contribution in [3.63, 3.8) is 0 Å². The zero-order valence-electron chi connectivity index (χ0n) is 10.2. The summed E-state index contributed by atoms with van der Waals surface area (Å²) in [5, 5.41) is 21.5. The van der Waals surface area contributed by atoms with Crippen LogP contribution in [0.3, 0.4) is 0 Å². The zero-order chi connectivity index (χ0) is 12.8. The first-order valence-electron chi connectivity index (χ1n) is 5.71. The number of carboxylic acid groups (broad SMARTS) is 1. The Bertz CT molecular complexity index is 377. The number of carbonyl (C=O) groups is 1. The van der Waals surface area contributed by atoms with Crippen molar-refractivity contribution in [1.29, 1.82) is 0 Å². The number of aliphatic hydroxyl groups is 1. The summed E-state index contributed by atoms with van der Waals surface area (Å²) in [7, 11) is 0. The van der Waals surface area contributed by atoms with E-state index in [4.69, 9.17) is 5.11 Å². The summed E-state index contributed by atoms with van der Waals surface area (Å²) < 4.78 is 0.